The minimum atomic E-state index is -0.714. The van der Waals surface area contributed by atoms with Crippen LogP contribution in [0.4, 0.5) is 0 Å². The molecule has 2 aromatic heterocycles. The first-order valence-electron chi connectivity index (χ1n) is 11.7. The molecule has 0 radical (unpaired) electrons. The predicted molar refractivity (Wildman–Crippen MR) is 153 cm³/mol. The highest BCUT2D eigenvalue weighted by Crippen LogP contribution is 2.32. The van der Waals surface area contributed by atoms with E-state index in [1.165, 1.54) is 15.9 Å². The summed E-state index contributed by atoms with van der Waals surface area (Å²) in [5.41, 5.74) is 2.05. The molecular weight excluding hydrogens is 611 g/mol. The van der Waals surface area contributed by atoms with Crippen LogP contribution >= 0.6 is 50.5 Å². The van der Waals surface area contributed by atoms with Crippen LogP contribution in [0.15, 0.2) is 84.5 Å². The van der Waals surface area contributed by atoms with Crippen LogP contribution in [-0.2, 0) is 9.53 Å². The first-order chi connectivity index (χ1) is 18.1. The van der Waals surface area contributed by atoms with Gasteiger partial charge in [0.1, 0.15) is 11.5 Å². The zero-order valence-corrected chi connectivity index (χ0v) is 24.4. The molecule has 3 heterocycles. The van der Waals surface area contributed by atoms with Crippen LogP contribution in [0, 0.1) is 0 Å². The summed E-state index contributed by atoms with van der Waals surface area (Å²) in [4.78, 5) is 32.0. The molecule has 0 N–H and O–H groups in total. The summed E-state index contributed by atoms with van der Waals surface area (Å²) >= 11 is 17.0. The van der Waals surface area contributed by atoms with Crippen molar-refractivity contribution in [3.8, 4) is 11.3 Å². The maximum absolute atomic E-state index is 13.7. The van der Waals surface area contributed by atoms with Crippen LogP contribution in [0.5, 0.6) is 0 Å². The lowest BCUT2D eigenvalue weighted by Gasteiger charge is -2.25. The smallest absolute Gasteiger partial charge is 0.338 e. The van der Waals surface area contributed by atoms with E-state index >= 15 is 0 Å². The monoisotopic (exact) mass is 630 g/mol. The Kier molecular flexibility index (Phi) is 7.51. The zero-order chi connectivity index (χ0) is 27.1. The molecule has 1 aliphatic rings. The Hall–Kier alpha value is -2.91. The number of esters is 1. The third kappa shape index (κ3) is 5.18. The lowest BCUT2D eigenvalue weighted by Crippen LogP contribution is -2.40. The van der Waals surface area contributed by atoms with E-state index in [0.717, 1.165) is 15.6 Å². The third-order valence-corrected chi connectivity index (χ3v) is 8.34. The van der Waals surface area contributed by atoms with Gasteiger partial charge in [0.2, 0.25) is 0 Å². The van der Waals surface area contributed by atoms with Gasteiger partial charge in [-0.2, -0.15) is 0 Å². The van der Waals surface area contributed by atoms with E-state index in [9.17, 15) is 9.59 Å². The van der Waals surface area contributed by atoms with Crippen LogP contribution in [0.2, 0.25) is 10.0 Å². The number of nitrogens with zero attached hydrogens (tertiary/aromatic N) is 2. The summed E-state index contributed by atoms with van der Waals surface area (Å²) < 4.78 is 14.3. The minimum Gasteiger partial charge on any atom is -0.459 e. The van der Waals surface area contributed by atoms with Crippen molar-refractivity contribution < 1.29 is 13.9 Å². The SMILES string of the molecule is CC1=C(C(=O)OC(C)C)[C@H](c2ccc(Cl)cc2)n2c(s/c(=C\c3ccc(-c4ccc(Br)c(Cl)c4)o3)c2=O)=N1. The molecule has 0 aliphatic carbocycles. The highest BCUT2D eigenvalue weighted by atomic mass is 79.9. The van der Waals surface area contributed by atoms with Crippen molar-refractivity contribution >= 4 is 62.5 Å². The Balaban J connectivity index is 1.62. The fourth-order valence-corrected chi connectivity index (χ4v) is 5.76. The summed E-state index contributed by atoms with van der Waals surface area (Å²) in [6, 6.07) is 15.5. The van der Waals surface area contributed by atoms with Crippen LogP contribution in [0.25, 0.3) is 17.4 Å². The van der Waals surface area contributed by atoms with Crippen molar-refractivity contribution in [3.05, 3.63) is 111 Å². The fraction of sp³-hybridized carbons (Fsp3) is 0.179. The van der Waals surface area contributed by atoms with Gasteiger partial charge in [-0.1, -0.05) is 52.7 Å². The van der Waals surface area contributed by atoms with Gasteiger partial charge in [-0.05, 0) is 78.7 Å². The van der Waals surface area contributed by atoms with Crippen molar-refractivity contribution in [3.63, 3.8) is 0 Å². The molecule has 1 aliphatic heterocycles. The van der Waals surface area contributed by atoms with E-state index in [2.05, 4.69) is 20.9 Å². The Morgan fingerprint density at radius 3 is 2.58 bits per heavy atom. The number of carbonyl (C=O) groups excluding carboxylic acids is 1. The van der Waals surface area contributed by atoms with Crippen LogP contribution in [0.3, 0.4) is 0 Å². The van der Waals surface area contributed by atoms with E-state index in [1.54, 1.807) is 63.2 Å². The lowest BCUT2D eigenvalue weighted by atomic mass is 9.96. The standard InChI is InChI=1S/C28H21BrCl2N2O4S/c1-14(2)36-27(35)24-15(3)32-28-33(25(24)16-4-7-18(30)8-5-16)26(34)23(38-28)13-19-9-11-22(37-19)17-6-10-20(29)21(31)12-17/h4-14,25H,1-3H3/b23-13-/t25-/m0/s1. The Morgan fingerprint density at radius 2 is 1.89 bits per heavy atom. The number of thiazole rings is 1. The first kappa shape index (κ1) is 26.7. The molecule has 2 aromatic carbocycles. The number of fused-ring (bicyclic) bond motifs is 1. The summed E-state index contributed by atoms with van der Waals surface area (Å²) in [5.74, 6) is 0.605. The molecule has 4 aromatic rings. The molecule has 5 rings (SSSR count). The predicted octanol–water partition coefficient (Wildman–Crippen LogP) is 6.52. The molecule has 38 heavy (non-hydrogen) atoms. The topological polar surface area (TPSA) is 73.8 Å². The number of aromatic nitrogens is 1. The number of hydrogen-bond donors (Lipinski definition) is 0. The number of carbonyl (C=O) groups is 1. The van der Waals surface area contributed by atoms with Crippen LogP contribution < -0.4 is 14.9 Å². The number of allylic oxidation sites excluding steroid dienone is 1. The molecule has 0 amide bonds. The molecule has 0 bridgehead atoms. The van der Waals surface area contributed by atoms with Crippen LogP contribution in [-0.4, -0.2) is 16.6 Å². The van der Waals surface area contributed by atoms with Crippen molar-refractivity contribution in [1.29, 1.82) is 0 Å². The van der Waals surface area contributed by atoms with E-state index in [4.69, 9.17) is 32.4 Å². The van der Waals surface area contributed by atoms with Gasteiger partial charge < -0.3 is 9.15 Å². The summed E-state index contributed by atoms with van der Waals surface area (Å²) in [6.45, 7) is 5.30. The van der Waals surface area contributed by atoms with Gasteiger partial charge in [0.25, 0.3) is 5.56 Å². The second-order valence-electron chi connectivity index (χ2n) is 8.92. The van der Waals surface area contributed by atoms with Crippen molar-refractivity contribution in [1.82, 2.24) is 4.57 Å². The number of benzene rings is 2. The Morgan fingerprint density at radius 1 is 1.16 bits per heavy atom. The number of furan rings is 1. The molecule has 1 atom stereocenters. The number of ether oxygens (including phenoxy) is 1. The van der Waals surface area contributed by atoms with Gasteiger partial charge in [-0.25, -0.2) is 9.79 Å². The average molecular weight is 632 g/mol. The summed E-state index contributed by atoms with van der Waals surface area (Å²) in [6.07, 6.45) is 1.35. The summed E-state index contributed by atoms with van der Waals surface area (Å²) in [7, 11) is 0. The maximum atomic E-state index is 13.7. The van der Waals surface area contributed by atoms with Gasteiger partial charge in [-0.3, -0.25) is 9.36 Å². The highest BCUT2D eigenvalue weighted by Gasteiger charge is 2.33. The second kappa shape index (κ2) is 10.7. The molecule has 194 valence electrons. The lowest BCUT2D eigenvalue weighted by molar-refractivity contribution is -0.143. The van der Waals surface area contributed by atoms with E-state index in [1.807, 2.05) is 18.2 Å². The molecule has 10 heteroatoms. The van der Waals surface area contributed by atoms with E-state index in [0.29, 0.717) is 42.2 Å². The largest absolute Gasteiger partial charge is 0.459 e. The molecule has 0 saturated heterocycles. The Bertz CT molecular complexity index is 1770. The molecule has 0 spiro atoms. The van der Waals surface area contributed by atoms with Gasteiger partial charge in [0, 0.05) is 21.1 Å². The second-order valence-corrected chi connectivity index (χ2v) is 11.6. The number of hydrogen-bond acceptors (Lipinski definition) is 6. The molecule has 0 saturated carbocycles. The zero-order valence-electron chi connectivity index (χ0n) is 20.5. The minimum absolute atomic E-state index is 0.291. The average Bonchev–Trinajstić information content (AvgIpc) is 3.44. The molecule has 6 nitrogen and oxygen atoms in total. The highest BCUT2D eigenvalue weighted by molar-refractivity contribution is 9.10. The quantitative estimate of drug-likeness (QED) is 0.235. The van der Waals surface area contributed by atoms with Gasteiger partial charge >= 0.3 is 5.97 Å². The number of halogens is 3. The normalized spacial score (nSPS) is 15.6. The molecular formula is C28H21BrCl2N2O4S. The van der Waals surface area contributed by atoms with Crippen molar-refractivity contribution in [2.45, 2.75) is 32.9 Å². The van der Waals surface area contributed by atoms with Gasteiger partial charge in [0.15, 0.2) is 4.80 Å². The maximum Gasteiger partial charge on any atom is 0.338 e. The third-order valence-electron chi connectivity index (χ3n) is 5.87. The molecule has 0 unspecified atom stereocenters. The van der Waals surface area contributed by atoms with Crippen molar-refractivity contribution in [2.24, 2.45) is 4.99 Å². The number of rotatable bonds is 5. The fourth-order valence-electron chi connectivity index (χ4n) is 4.18. The van der Waals surface area contributed by atoms with Gasteiger partial charge in [-0.15, -0.1) is 0 Å². The van der Waals surface area contributed by atoms with Crippen molar-refractivity contribution in [2.75, 3.05) is 0 Å². The van der Waals surface area contributed by atoms with Crippen LogP contribution in [0.1, 0.15) is 38.1 Å². The van der Waals surface area contributed by atoms with E-state index in [-0.39, 0.29) is 11.7 Å². The summed E-state index contributed by atoms with van der Waals surface area (Å²) in [5, 5.41) is 1.12. The Labute approximate surface area is 240 Å². The van der Waals surface area contributed by atoms with Gasteiger partial charge in [0.05, 0.1) is 33.0 Å². The first-order valence-corrected chi connectivity index (χ1v) is 14.0. The molecule has 0 fully saturated rings. The van der Waals surface area contributed by atoms with E-state index < -0.39 is 12.0 Å².